The average molecular weight is 258 g/mol. The lowest BCUT2D eigenvalue weighted by Crippen LogP contribution is -2.20. The minimum Gasteiger partial charge on any atom is -0.508 e. The molecule has 0 radical (unpaired) electrons. The molecule has 5 nitrogen and oxygen atoms in total. The molecule has 0 spiro atoms. The van der Waals surface area contributed by atoms with Gasteiger partial charge < -0.3 is 20.9 Å². The van der Waals surface area contributed by atoms with Gasteiger partial charge in [0.25, 0.3) is 5.91 Å². The van der Waals surface area contributed by atoms with Crippen LogP contribution in [-0.2, 0) is 4.79 Å². The average Bonchev–Trinajstić information content (AvgIpc) is 2.41. The van der Waals surface area contributed by atoms with E-state index in [0.717, 1.165) is 0 Å². The molecule has 0 heterocycles. The number of carbonyl (C=O) groups is 1. The van der Waals surface area contributed by atoms with Crippen LogP contribution in [0.4, 0.5) is 11.4 Å². The summed E-state index contributed by atoms with van der Waals surface area (Å²) in [5.41, 5.74) is 6.40. The summed E-state index contributed by atoms with van der Waals surface area (Å²) in [5.74, 6) is 0.355. The van der Waals surface area contributed by atoms with Crippen LogP contribution in [0.2, 0.25) is 0 Å². The highest BCUT2D eigenvalue weighted by molar-refractivity contribution is 5.94. The van der Waals surface area contributed by atoms with E-state index in [1.807, 2.05) is 18.2 Å². The number of aromatic hydroxyl groups is 1. The number of phenols is 1. The smallest absolute Gasteiger partial charge is 0.262 e. The Morgan fingerprint density at radius 2 is 1.95 bits per heavy atom. The van der Waals surface area contributed by atoms with Gasteiger partial charge in [0.05, 0.1) is 11.4 Å². The van der Waals surface area contributed by atoms with Crippen molar-refractivity contribution in [3.8, 4) is 11.5 Å². The number of anilines is 2. The number of carbonyl (C=O) groups excluding carboxylic acids is 1. The molecule has 0 saturated carbocycles. The maximum absolute atomic E-state index is 11.7. The van der Waals surface area contributed by atoms with E-state index < -0.39 is 0 Å². The molecular weight excluding hydrogens is 244 g/mol. The lowest BCUT2D eigenvalue weighted by molar-refractivity contribution is -0.118. The Balaban J connectivity index is 1.91. The van der Waals surface area contributed by atoms with E-state index in [-0.39, 0.29) is 18.3 Å². The fourth-order valence-corrected chi connectivity index (χ4v) is 1.52. The number of amides is 1. The SMILES string of the molecule is Nc1cc(O)ccc1NC(=O)COc1ccccc1. The van der Waals surface area contributed by atoms with Crippen LogP contribution in [0.1, 0.15) is 0 Å². The van der Waals surface area contributed by atoms with Gasteiger partial charge in [-0.15, -0.1) is 0 Å². The number of hydrogen-bond acceptors (Lipinski definition) is 4. The molecule has 0 unspecified atom stereocenters. The van der Waals surface area contributed by atoms with Crippen LogP contribution < -0.4 is 15.8 Å². The molecule has 5 heteroatoms. The molecular formula is C14H14N2O3. The number of hydrogen-bond donors (Lipinski definition) is 3. The van der Waals surface area contributed by atoms with Crippen molar-refractivity contribution in [2.75, 3.05) is 17.7 Å². The monoisotopic (exact) mass is 258 g/mol. The second-order valence-electron chi connectivity index (χ2n) is 3.92. The highest BCUT2D eigenvalue weighted by Crippen LogP contribution is 2.23. The number of para-hydroxylation sites is 1. The first-order valence-corrected chi connectivity index (χ1v) is 5.71. The second kappa shape index (κ2) is 5.77. The van der Waals surface area contributed by atoms with E-state index in [0.29, 0.717) is 17.1 Å². The minimum absolute atomic E-state index is 0.0519. The molecule has 0 atom stereocenters. The van der Waals surface area contributed by atoms with Crippen molar-refractivity contribution in [2.24, 2.45) is 0 Å². The molecule has 0 bridgehead atoms. The number of nitrogen functional groups attached to an aromatic ring is 1. The van der Waals surface area contributed by atoms with E-state index in [1.54, 1.807) is 12.1 Å². The molecule has 2 aromatic rings. The molecule has 19 heavy (non-hydrogen) atoms. The third-order valence-electron chi connectivity index (χ3n) is 2.42. The molecule has 4 N–H and O–H groups in total. The zero-order valence-electron chi connectivity index (χ0n) is 10.2. The molecule has 2 rings (SSSR count). The van der Waals surface area contributed by atoms with Crippen LogP contribution >= 0.6 is 0 Å². The largest absolute Gasteiger partial charge is 0.508 e. The summed E-state index contributed by atoms with van der Waals surface area (Å²) < 4.78 is 5.30. The van der Waals surface area contributed by atoms with Gasteiger partial charge in [-0.1, -0.05) is 18.2 Å². The first-order chi connectivity index (χ1) is 9.15. The molecule has 0 aliphatic heterocycles. The Morgan fingerprint density at radius 3 is 2.63 bits per heavy atom. The molecule has 0 saturated heterocycles. The van der Waals surface area contributed by atoms with Gasteiger partial charge >= 0.3 is 0 Å². The van der Waals surface area contributed by atoms with E-state index in [1.165, 1.54) is 18.2 Å². The van der Waals surface area contributed by atoms with E-state index in [2.05, 4.69) is 5.32 Å². The van der Waals surface area contributed by atoms with E-state index in [9.17, 15) is 9.90 Å². The maximum Gasteiger partial charge on any atom is 0.262 e. The molecule has 0 aliphatic rings. The zero-order valence-corrected chi connectivity index (χ0v) is 10.2. The lowest BCUT2D eigenvalue weighted by atomic mass is 10.2. The van der Waals surface area contributed by atoms with Gasteiger partial charge in [-0.25, -0.2) is 0 Å². The number of rotatable bonds is 4. The van der Waals surface area contributed by atoms with Gasteiger partial charge in [0, 0.05) is 6.07 Å². The Hall–Kier alpha value is -2.69. The minimum atomic E-state index is -0.318. The summed E-state index contributed by atoms with van der Waals surface area (Å²) in [5, 5.41) is 11.8. The summed E-state index contributed by atoms with van der Waals surface area (Å²) in [4.78, 5) is 11.7. The van der Waals surface area contributed by atoms with Crippen LogP contribution in [0.25, 0.3) is 0 Å². The molecule has 0 fully saturated rings. The van der Waals surface area contributed by atoms with Crippen molar-refractivity contribution >= 4 is 17.3 Å². The third kappa shape index (κ3) is 3.64. The number of benzene rings is 2. The highest BCUT2D eigenvalue weighted by atomic mass is 16.5. The molecule has 0 aromatic heterocycles. The predicted molar refractivity (Wildman–Crippen MR) is 73.1 cm³/mol. The van der Waals surface area contributed by atoms with Crippen LogP contribution in [0.15, 0.2) is 48.5 Å². The van der Waals surface area contributed by atoms with Gasteiger partial charge in [0.2, 0.25) is 0 Å². The van der Waals surface area contributed by atoms with Crippen molar-refractivity contribution in [1.29, 1.82) is 0 Å². The Kier molecular flexibility index (Phi) is 3.87. The van der Waals surface area contributed by atoms with Crippen LogP contribution in [-0.4, -0.2) is 17.6 Å². The van der Waals surface area contributed by atoms with Crippen molar-refractivity contribution in [3.05, 3.63) is 48.5 Å². The summed E-state index contributed by atoms with van der Waals surface area (Å²) in [6, 6.07) is 13.4. The molecule has 1 amide bonds. The number of ether oxygens (including phenoxy) is 1. The highest BCUT2D eigenvalue weighted by Gasteiger charge is 2.06. The maximum atomic E-state index is 11.7. The fourth-order valence-electron chi connectivity index (χ4n) is 1.52. The molecule has 98 valence electrons. The Labute approximate surface area is 110 Å². The molecule has 0 aliphatic carbocycles. The number of nitrogens with one attached hydrogen (secondary N) is 1. The Bertz CT molecular complexity index is 570. The summed E-state index contributed by atoms with van der Waals surface area (Å²) in [6.45, 7) is -0.107. The first-order valence-electron chi connectivity index (χ1n) is 5.71. The predicted octanol–water partition coefficient (Wildman–Crippen LogP) is 1.99. The van der Waals surface area contributed by atoms with E-state index >= 15 is 0 Å². The summed E-state index contributed by atoms with van der Waals surface area (Å²) >= 11 is 0. The van der Waals surface area contributed by atoms with Crippen molar-refractivity contribution in [2.45, 2.75) is 0 Å². The van der Waals surface area contributed by atoms with Gasteiger partial charge in [-0.05, 0) is 24.3 Å². The summed E-state index contributed by atoms with van der Waals surface area (Å²) in [7, 11) is 0. The fraction of sp³-hybridized carbons (Fsp3) is 0.0714. The lowest BCUT2D eigenvalue weighted by Gasteiger charge is -2.09. The topological polar surface area (TPSA) is 84.6 Å². The van der Waals surface area contributed by atoms with Gasteiger partial charge in [-0.2, -0.15) is 0 Å². The normalized spacial score (nSPS) is 9.89. The van der Waals surface area contributed by atoms with Crippen molar-refractivity contribution < 1.29 is 14.6 Å². The van der Waals surface area contributed by atoms with E-state index in [4.69, 9.17) is 10.5 Å². The Morgan fingerprint density at radius 1 is 1.21 bits per heavy atom. The van der Waals surface area contributed by atoms with Crippen molar-refractivity contribution in [1.82, 2.24) is 0 Å². The van der Waals surface area contributed by atoms with Crippen LogP contribution in [0, 0.1) is 0 Å². The van der Waals surface area contributed by atoms with Crippen LogP contribution in [0.5, 0.6) is 11.5 Å². The number of nitrogens with two attached hydrogens (primary N) is 1. The second-order valence-corrected chi connectivity index (χ2v) is 3.92. The van der Waals surface area contributed by atoms with Gasteiger partial charge in [0.1, 0.15) is 11.5 Å². The number of phenolic OH excluding ortho intramolecular Hbond substituents is 1. The van der Waals surface area contributed by atoms with Crippen LogP contribution in [0.3, 0.4) is 0 Å². The van der Waals surface area contributed by atoms with Gasteiger partial charge in [0.15, 0.2) is 6.61 Å². The third-order valence-corrected chi connectivity index (χ3v) is 2.42. The van der Waals surface area contributed by atoms with Crippen molar-refractivity contribution in [3.63, 3.8) is 0 Å². The quantitative estimate of drug-likeness (QED) is 0.578. The standard InChI is InChI=1S/C14H14N2O3/c15-12-8-10(17)6-7-13(12)16-14(18)9-19-11-4-2-1-3-5-11/h1-8,17H,9,15H2,(H,16,18). The first kappa shape index (κ1) is 12.8. The van der Waals surface area contributed by atoms with Gasteiger partial charge in [-0.3, -0.25) is 4.79 Å². The summed E-state index contributed by atoms with van der Waals surface area (Å²) in [6.07, 6.45) is 0. The zero-order chi connectivity index (χ0) is 13.7. The molecule has 2 aromatic carbocycles.